The third kappa shape index (κ3) is 3.12. The van der Waals surface area contributed by atoms with E-state index in [2.05, 4.69) is 13.8 Å². The molecule has 0 radical (unpaired) electrons. The summed E-state index contributed by atoms with van der Waals surface area (Å²) < 4.78 is 37.5. The second-order valence-electron chi connectivity index (χ2n) is 5.24. The summed E-state index contributed by atoms with van der Waals surface area (Å²) in [6, 6.07) is 0. The highest BCUT2D eigenvalue weighted by Crippen LogP contribution is 2.43. The standard InChI is InChI=1S/C12H22F3N/c1-3-4-9(2)11(16)7-5-10(6-8-11)12(13,14)15/h9-10H,3-8,16H2,1-2H3. The zero-order valence-corrected chi connectivity index (χ0v) is 10.1. The zero-order chi connectivity index (χ0) is 12.4. The molecule has 0 saturated heterocycles. The Bertz CT molecular complexity index is 217. The fourth-order valence-corrected chi connectivity index (χ4v) is 2.70. The van der Waals surface area contributed by atoms with Crippen LogP contribution in [0, 0.1) is 11.8 Å². The molecule has 0 bridgehead atoms. The predicted molar refractivity (Wildman–Crippen MR) is 59.0 cm³/mol. The Balaban J connectivity index is 2.53. The third-order valence-corrected chi connectivity index (χ3v) is 4.08. The van der Waals surface area contributed by atoms with E-state index >= 15 is 0 Å². The molecule has 1 atom stereocenters. The van der Waals surface area contributed by atoms with Crippen molar-refractivity contribution in [3.63, 3.8) is 0 Å². The van der Waals surface area contributed by atoms with Gasteiger partial charge in [-0.3, -0.25) is 0 Å². The fourth-order valence-electron chi connectivity index (χ4n) is 2.70. The Morgan fingerprint density at radius 2 is 1.81 bits per heavy atom. The van der Waals surface area contributed by atoms with E-state index in [9.17, 15) is 13.2 Å². The van der Waals surface area contributed by atoms with Gasteiger partial charge in [0.2, 0.25) is 0 Å². The van der Waals surface area contributed by atoms with Crippen molar-refractivity contribution in [1.82, 2.24) is 0 Å². The van der Waals surface area contributed by atoms with Gasteiger partial charge < -0.3 is 5.73 Å². The lowest BCUT2D eigenvalue weighted by Gasteiger charge is -2.42. The summed E-state index contributed by atoms with van der Waals surface area (Å²) in [5.41, 5.74) is 5.86. The lowest BCUT2D eigenvalue weighted by Crippen LogP contribution is -2.50. The van der Waals surface area contributed by atoms with Crippen LogP contribution in [-0.4, -0.2) is 11.7 Å². The van der Waals surface area contributed by atoms with Gasteiger partial charge in [-0.05, 0) is 38.0 Å². The molecule has 1 aliphatic carbocycles. The van der Waals surface area contributed by atoms with Crippen LogP contribution in [0.15, 0.2) is 0 Å². The van der Waals surface area contributed by atoms with Crippen molar-refractivity contribution in [2.75, 3.05) is 0 Å². The van der Waals surface area contributed by atoms with Gasteiger partial charge in [-0.2, -0.15) is 13.2 Å². The first-order chi connectivity index (χ1) is 7.29. The zero-order valence-electron chi connectivity index (χ0n) is 10.1. The van der Waals surface area contributed by atoms with E-state index in [1.165, 1.54) is 0 Å². The minimum absolute atomic E-state index is 0.202. The van der Waals surface area contributed by atoms with Crippen molar-refractivity contribution < 1.29 is 13.2 Å². The summed E-state index contributed by atoms with van der Waals surface area (Å²) in [7, 11) is 0. The van der Waals surface area contributed by atoms with Gasteiger partial charge in [0.15, 0.2) is 0 Å². The molecule has 1 saturated carbocycles. The van der Waals surface area contributed by atoms with Crippen LogP contribution in [0.5, 0.6) is 0 Å². The number of nitrogens with two attached hydrogens (primary N) is 1. The maximum absolute atomic E-state index is 12.5. The summed E-state index contributed by atoms with van der Waals surface area (Å²) in [4.78, 5) is 0. The van der Waals surface area contributed by atoms with Crippen molar-refractivity contribution in [1.29, 1.82) is 0 Å². The van der Waals surface area contributed by atoms with Crippen LogP contribution in [0.2, 0.25) is 0 Å². The normalized spacial score (nSPS) is 33.8. The summed E-state index contributed by atoms with van der Waals surface area (Å²) in [5, 5.41) is 0. The number of hydrogen-bond acceptors (Lipinski definition) is 1. The predicted octanol–water partition coefficient (Wildman–Crippen LogP) is 3.87. The maximum Gasteiger partial charge on any atom is 0.391 e. The topological polar surface area (TPSA) is 26.0 Å². The Morgan fingerprint density at radius 1 is 1.31 bits per heavy atom. The molecular formula is C12H22F3N. The number of hydrogen-bond donors (Lipinski definition) is 1. The lowest BCUT2D eigenvalue weighted by molar-refractivity contribution is -0.185. The molecule has 2 N–H and O–H groups in total. The molecule has 0 aromatic rings. The lowest BCUT2D eigenvalue weighted by atomic mass is 9.69. The first-order valence-electron chi connectivity index (χ1n) is 6.15. The van der Waals surface area contributed by atoms with Crippen molar-refractivity contribution >= 4 is 0 Å². The van der Waals surface area contributed by atoms with Gasteiger partial charge in [-0.1, -0.05) is 20.3 Å². The quantitative estimate of drug-likeness (QED) is 0.792. The van der Waals surface area contributed by atoms with Gasteiger partial charge in [0.25, 0.3) is 0 Å². The Hall–Kier alpha value is -0.250. The van der Waals surface area contributed by atoms with Crippen LogP contribution in [0.1, 0.15) is 52.4 Å². The highest BCUT2D eigenvalue weighted by Gasteiger charge is 2.45. The molecule has 1 aliphatic rings. The molecule has 1 unspecified atom stereocenters. The minimum Gasteiger partial charge on any atom is -0.325 e. The molecule has 1 fully saturated rings. The van der Waals surface area contributed by atoms with E-state index in [-0.39, 0.29) is 18.4 Å². The first-order valence-corrected chi connectivity index (χ1v) is 6.15. The number of alkyl halides is 3. The van der Waals surface area contributed by atoms with E-state index in [0.29, 0.717) is 18.8 Å². The van der Waals surface area contributed by atoms with Gasteiger partial charge in [-0.15, -0.1) is 0 Å². The van der Waals surface area contributed by atoms with Crippen LogP contribution in [-0.2, 0) is 0 Å². The Morgan fingerprint density at radius 3 is 2.19 bits per heavy atom. The number of halogens is 3. The molecular weight excluding hydrogens is 215 g/mol. The van der Waals surface area contributed by atoms with Gasteiger partial charge in [0, 0.05) is 5.54 Å². The van der Waals surface area contributed by atoms with E-state index in [1.54, 1.807) is 0 Å². The van der Waals surface area contributed by atoms with E-state index in [4.69, 9.17) is 5.73 Å². The Kier molecular flexibility index (Phi) is 4.27. The van der Waals surface area contributed by atoms with E-state index in [1.807, 2.05) is 0 Å². The van der Waals surface area contributed by atoms with Gasteiger partial charge >= 0.3 is 6.18 Å². The minimum atomic E-state index is -4.03. The number of rotatable bonds is 3. The molecule has 0 aromatic carbocycles. The van der Waals surface area contributed by atoms with Crippen LogP contribution in [0.3, 0.4) is 0 Å². The molecule has 1 rings (SSSR count). The molecule has 0 aromatic heterocycles. The monoisotopic (exact) mass is 237 g/mol. The summed E-state index contributed by atoms with van der Waals surface area (Å²) in [6.07, 6.45) is -0.551. The molecule has 1 nitrogen and oxygen atoms in total. The highest BCUT2D eigenvalue weighted by atomic mass is 19.4. The summed E-state index contributed by atoms with van der Waals surface area (Å²) >= 11 is 0. The van der Waals surface area contributed by atoms with Crippen molar-refractivity contribution in [3.05, 3.63) is 0 Å². The maximum atomic E-state index is 12.5. The van der Waals surface area contributed by atoms with Crippen LogP contribution in [0.4, 0.5) is 13.2 Å². The van der Waals surface area contributed by atoms with Gasteiger partial charge in [0.05, 0.1) is 5.92 Å². The SMILES string of the molecule is CCCC(C)C1(N)CCC(C(F)(F)F)CC1. The van der Waals surface area contributed by atoms with E-state index < -0.39 is 12.1 Å². The van der Waals surface area contributed by atoms with Crippen LogP contribution in [0.25, 0.3) is 0 Å². The molecule has 16 heavy (non-hydrogen) atoms. The van der Waals surface area contributed by atoms with Gasteiger partial charge in [-0.25, -0.2) is 0 Å². The average molecular weight is 237 g/mol. The summed E-state index contributed by atoms with van der Waals surface area (Å²) in [5.74, 6) is -0.801. The molecule has 0 amide bonds. The van der Waals surface area contributed by atoms with Crippen molar-refractivity contribution in [3.8, 4) is 0 Å². The van der Waals surface area contributed by atoms with Crippen LogP contribution < -0.4 is 5.73 Å². The second kappa shape index (κ2) is 4.94. The molecule has 0 heterocycles. The van der Waals surface area contributed by atoms with Crippen molar-refractivity contribution in [2.24, 2.45) is 17.6 Å². The highest BCUT2D eigenvalue weighted by molar-refractivity contribution is 4.94. The second-order valence-corrected chi connectivity index (χ2v) is 5.24. The molecule has 4 heteroatoms. The smallest absolute Gasteiger partial charge is 0.325 e. The molecule has 0 aliphatic heterocycles. The molecule has 0 spiro atoms. The van der Waals surface area contributed by atoms with Crippen molar-refractivity contribution in [2.45, 2.75) is 64.1 Å². The average Bonchev–Trinajstić information content (AvgIpc) is 2.17. The third-order valence-electron chi connectivity index (χ3n) is 4.08. The van der Waals surface area contributed by atoms with Gasteiger partial charge in [0.1, 0.15) is 0 Å². The van der Waals surface area contributed by atoms with E-state index in [0.717, 1.165) is 12.8 Å². The Labute approximate surface area is 95.6 Å². The first kappa shape index (κ1) is 13.8. The van der Waals surface area contributed by atoms with Crippen LogP contribution >= 0.6 is 0 Å². The largest absolute Gasteiger partial charge is 0.391 e. The fraction of sp³-hybridized carbons (Fsp3) is 1.00. The molecule has 96 valence electrons. The summed E-state index contributed by atoms with van der Waals surface area (Å²) in [6.45, 7) is 4.15.